The lowest BCUT2D eigenvalue weighted by Gasteiger charge is -2.22. The van der Waals surface area contributed by atoms with Gasteiger partial charge in [-0.1, -0.05) is 12.8 Å². The number of hydrogen-bond acceptors (Lipinski definition) is 4. The second-order valence-corrected chi connectivity index (χ2v) is 5.71. The summed E-state index contributed by atoms with van der Waals surface area (Å²) >= 11 is 0. The van der Waals surface area contributed by atoms with Gasteiger partial charge < -0.3 is 20.4 Å². The monoisotopic (exact) mass is 278 g/mol. The summed E-state index contributed by atoms with van der Waals surface area (Å²) < 4.78 is 0. The molecule has 0 bridgehead atoms. The van der Waals surface area contributed by atoms with Crippen LogP contribution in [0.25, 0.3) is 0 Å². The molecule has 1 atom stereocenters. The number of likely N-dealkylation sites (tertiary alicyclic amines) is 1. The summed E-state index contributed by atoms with van der Waals surface area (Å²) in [6, 6.07) is 4.88. The molecule has 1 fully saturated rings. The maximum atomic E-state index is 9.51. The molecule has 4 heteroatoms. The number of nitrogens with one attached hydrogen (secondary N) is 1. The lowest BCUT2D eigenvalue weighted by molar-refractivity contribution is 0.280. The van der Waals surface area contributed by atoms with Crippen molar-refractivity contribution in [1.29, 1.82) is 0 Å². The highest BCUT2D eigenvalue weighted by atomic mass is 16.3. The van der Waals surface area contributed by atoms with Crippen molar-refractivity contribution in [2.75, 3.05) is 26.2 Å². The van der Waals surface area contributed by atoms with Crippen molar-refractivity contribution in [2.45, 2.75) is 38.6 Å². The first kappa shape index (κ1) is 15.1. The third-order valence-electron chi connectivity index (χ3n) is 4.00. The van der Waals surface area contributed by atoms with Crippen LogP contribution in [0.5, 0.6) is 11.5 Å². The van der Waals surface area contributed by atoms with Gasteiger partial charge in [-0.15, -0.1) is 0 Å². The average molecular weight is 278 g/mol. The van der Waals surface area contributed by atoms with E-state index in [9.17, 15) is 10.2 Å². The van der Waals surface area contributed by atoms with Crippen LogP contribution in [-0.2, 0) is 0 Å². The highest BCUT2D eigenvalue weighted by molar-refractivity contribution is 5.37. The van der Waals surface area contributed by atoms with Crippen molar-refractivity contribution in [3.8, 4) is 11.5 Å². The molecule has 0 aromatic heterocycles. The van der Waals surface area contributed by atoms with E-state index in [0.717, 1.165) is 18.7 Å². The van der Waals surface area contributed by atoms with Crippen LogP contribution in [0, 0.1) is 0 Å². The number of rotatable bonds is 5. The van der Waals surface area contributed by atoms with Gasteiger partial charge in [-0.05, 0) is 50.6 Å². The van der Waals surface area contributed by atoms with Crippen molar-refractivity contribution in [3.63, 3.8) is 0 Å². The number of benzene rings is 1. The largest absolute Gasteiger partial charge is 0.508 e. The Labute approximate surface area is 121 Å². The molecule has 2 rings (SSSR count). The highest BCUT2D eigenvalue weighted by Crippen LogP contribution is 2.24. The Balaban J connectivity index is 1.78. The van der Waals surface area contributed by atoms with Crippen LogP contribution in [0.1, 0.15) is 44.2 Å². The van der Waals surface area contributed by atoms with Gasteiger partial charge in [-0.2, -0.15) is 0 Å². The van der Waals surface area contributed by atoms with Gasteiger partial charge in [-0.3, -0.25) is 0 Å². The molecule has 0 aliphatic carbocycles. The van der Waals surface area contributed by atoms with Gasteiger partial charge in [0.1, 0.15) is 11.5 Å². The van der Waals surface area contributed by atoms with Crippen LogP contribution in [0.3, 0.4) is 0 Å². The van der Waals surface area contributed by atoms with Gasteiger partial charge in [0.2, 0.25) is 0 Å². The number of aromatic hydroxyl groups is 2. The minimum absolute atomic E-state index is 0.112. The van der Waals surface area contributed by atoms with Crippen molar-refractivity contribution < 1.29 is 10.2 Å². The zero-order chi connectivity index (χ0) is 14.4. The molecule has 1 aliphatic rings. The molecule has 20 heavy (non-hydrogen) atoms. The molecule has 0 radical (unpaired) electrons. The lowest BCUT2D eigenvalue weighted by Crippen LogP contribution is -2.33. The third kappa shape index (κ3) is 4.69. The molecule has 0 amide bonds. The molecule has 1 heterocycles. The topological polar surface area (TPSA) is 55.7 Å². The predicted octanol–water partition coefficient (Wildman–Crippen LogP) is 2.62. The van der Waals surface area contributed by atoms with Crippen molar-refractivity contribution in [2.24, 2.45) is 0 Å². The number of nitrogens with zero attached hydrogens (tertiary/aromatic N) is 1. The molecular formula is C16H26N2O2. The van der Waals surface area contributed by atoms with Crippen LogP contribution in [-0.4, -0.2) is 41.3 Å². The Morgan fingerprint density at radius 2 is 1.65 bits per heavy atom. The zero-order valence-electron chi connectivity index (χ0n) is 12.3. The normalized spacial score (nSPS) is 18.6. The van der Waals surface area contributed by atoms with E-state index < -0.39 is 0 Å². The average Bonchev–Trinajstić information content (AvgIpc) is 2.66. The summed E-state index contributed by atoms with van der Waals surface area (Å²) in [4.78, 5) is 2.52. The summed E-state index contributed by atoms with van der Waals surface area (Å²) in [6.07, 6.45) is 5.36. The first-order valence-electron chi connectivity index (χ1n) is 7.64. The van der Waals surface area contributed by atoms with E-state index in [1.807, 2.05) is 0 Å². The van der Waals surface area contributed by atoms with Gasteiger partial charge >= 0.3 is 0 Å². The van der Waals surface area contributed by atoms with Gasteiger partial charge in [0.05, 0.1) is 0 Å². The fraction of sp³-hybridized carbons (Fsp3) is 0.625. The van der Waals surface area contributed by atoms with Crippen LogP contribution in [0.15, 0.2) is 18.2 Å². The Morgan fingerprint density at radius 1 is 1.05 bits per heavy atom. The smallest absolute Gasteiger partial charge is 0.119 e. The van der Waals surface area contributed by atoms with Crippen molar-refractivity contribution in [1.82, 2.24) is 10.2 Å². The summed E-state index contributed by atoms with van der Waals surface area (Å²) in [5, 5.41) is 22.5. The van der Waals surface area contributed by atoms with E-state index in [2.05, 4.69) is 17.1 Å². The van der Waals surface area contributed by atoms with Crippen LogP contribution < -0.4 is 5.32 Å². The maximum absolute atomic E-state index is 9.51. The molecule has 1 aliphatic heterocycles. The Hall–Kier alpha value is -1.26. The second kappa shape index (κ2) is 7.50. The van der Waals surface area contributed by atoms with E-state index in [1.54, 1.807) is 12.1 Å². The quantitative estimate of drug-likeness (QED) is 0.775. The van der Waals surface area contributed by atoms with E-state index in [1.165, 1.54) is 44.8 Å². The molecule has 1 saturated heterocycles. The van der Waals surface area contributed by atoms with Gasteiger partial charge in [0.25, 0.3) is 0 Å². The van der Waals surface area contributed by atoms with Crippen molar-refractivity contribution in [3.05, 3.63) is 23.8 Å². The van der Waals surface area contributed by atoms with Crippen LogP contribution >= 0.6 is 0 Å². The highest BCUT2D eigenvalue weighted by Gasteiger charge is 2.10. The van der Waals surface area contributed by atoms with Gasteiger partial charge in [-0.25, -0.2) is 0 Å². The molecule has 112 valence electrons. The molecule has 1 unspecified atom stereocenters. The molecule has 0 spiro atoms. The SMILES string of the molecule is CC(NCCN1CCCCCC1)c1cc(O)cc(O)c1. The Bertz CT molecular complexity index is 395. The minimum Gasteiger partial charge on any atom is -0.508 e. The fourth-order valence-electron chi connectivity index (χ4n) is 2.78. The fourth-order valence-corrected chi connectivity index (χ4v) is 2.78. The standard InChI is InChI=1S/C16H26N2O2/c1-13(14-10-15(19)12-16(20)11-14)17-6-9-18-7-4-2-3-5-8-18/h10-13,17,19-20H,2-9H2,1H3. The first-order valence-corrected chi connectivity index (χ1v) is 7.64. The number of phenolic OH excluding ortho intramolecular Hbond substituents is 2. The molecule has 3 N–H and O–H groups in total. The van der Waals surface area contributed by atoms with Gasteiger partial charge in [0, 0.05) is 25.2 Å². The number of phenols is 2. The molecule has 0 saturated carbocycles. The molecule has 4 nitrogen and oxygen atoms in total. The van der Waals surface area contributed by atoms with E-state index >= 15 is 0 Å². The first-order chi connectivity index (χ1) is 9.65. The van der Waals surface area contributed by atoms with E-state index in [-0.39, 0.29) is 17.5 Å². The Morgan fingerprint density at radius 3 is 2.25 bits per heavy atom. The Kier molecular flexibility index (Phi) is 5.68. The molecule has 1 aromatic rings. The molecular weight excluding hydrogens is 252 g/mol. The van der Waals surface area contributed by atoms with E-state index in [0.29, 0.717) is 0 Å². The number of hydrogen-bond donors (Lipinski definition) is 3. The van der Waals surface area contributed by atoms with Crippen molar-refractivity contribution >= 4 is 0 Å². The summed E-state index contributed by atoms with van der Waals surface area (Å²) in [6.45, 7) is 6.47. The predicted molar refractivity (Wildman–Crippen MR) is 81.1 cm³/mol. The van der Waals surface area contributed by atoms with Gasteiger partial charge in [0.15, 0.2) is 0 Å². The maximum Gasteiger partial charge on any atom is 0.119 e. The second-order valence-electron chi connectivity index (χ2n) is 5.71. The van der Waals surface area contributed by atoms with Crippen LogP contribution in [0.2, 0.25) is 0 Å². The summed E-state index contributed by atoms with van der Waals surface area (Å²) in [5.41, 5.74) is 0.915. The van der Waals surface area contributed by atoms with Crippen LogP contribution in [0.4, 0.5) is 0 Å². The summed E-state index contributed by atoms with van der Waals surface area (Å²) in [7, 11) is 0. The lowest BCUT2D eigenvalue weighted by atomic mass is 10.1. The zero-order valence-corrected chi connectivity index (χ0v) is 12.3. The molecule has 1 aromatic carbocycles. The summed E-state index contributed by atoms with van der Waals surface area (Å²) in [5.74, 6) is 0.224. The third-order valence-corrected chi connectivity index (χ3v) is 4.00. The van der Waals surface area contributed by atoms with E-state index in [4.69, 9.17) is 0 Å². The minimum atomic E-state index is 0.112.